The van der Waals surface area contributed by atoms with Crippen molar-refractivity contribution in [1.82, 2.24) is 0 Å². The minimum Gasteiger partial charge on any atom is -0.405 e. The maximum atomic E-state index is 8.69. The SMILES string of the molecule is C/C=C\c1c(C2=CCC(C(=C/C(=N)/C(C)=C/C=NC)/C=C/C(/C=C\N)=C/C)C=C2)ccc2c1C(C)c1ccccc1-2. The van der Waals surface area contributed by atoms with E-state index in [0.717, 1.165) is 23.1 Å². The standard InChI is InChI=1S/C38H41N3/c1-6-10-35-33(19-20-36-34-12-9-8-11-32(34)27(4)38(35)36)30-17-15-29(16-18-30)31(14-13-28(7-2)21-23-39)25-37(40)26(3)22-24-41-5/h6-15,17-25,27,29,40H,16,39H2,1-5H3/b10-6-,14-13+,23-21-,26-22+,28-7-,31-25+,40-37?,41-24?. The van der Waals surface area contributed by atoms with Gasteiger partial charge in [0.2, 0.25) is 0 Å². The highest BCUT2D eigenvalue weighted by molar-refractivity contribution is 6.08. The summed E-state index contributed by atoms with van der Waals surface area (Å²) in [5.74, 6) is 0.516. The molecule has 2 aromatic carbocycles. The summed E-state index contributed by atoms with van der Waals surface area (Å²) in [5, 5.41) is 8.69. The van der Waals surface area contributed by atoms with Crippen LogP contribution in [0.5, 0.6) is 0 Å². The van der Waals surface area contributed by atoms with Gasteiger partial charge in [0.25, 0.3) is 0 Å². The summed E-state index contributed by atoms with van der Waals surface area (Å²) in [7, 11) is 1.74. The first kappa shape index (κ1) is 29.5. The molecule has 3 nitrogen and oxygen atoms in total. The lowest BCUT2D eigenvalue weighted by molar-refractivity contribution is 0.790. The third-order valence-electron chi connectivity index (χ3n) is 7.91. The molecule has 2 aliphatic carbocycles. The van der Waals surface area contributed by atoms with Crippen LogP contribution < -0.4 is 5.73 Å². The molecule has 2 atom stereocenters. The van der Waals surface area contributed by atoms with Gasteiger partial charge in [-0.25, -0.2) is 0 Å². The molecule has 0 saturated heterocycles. The molecule has 0 amide bonds. The third-order valence-corrected chi connectivity index (χ3v) is 7.91. The Hall–Kier alpha value is -4.50. The van der Waals surface area contributed by atoms with Crippen LogP contribution in [0.1, 0.15) is 62.3 Å². The van der Waals surface area contributed by atoms with Crippen LogP contribution in [0, 0.1) is 11.3 Å². The van der Waals surface area contributed by atoms with Crippen molar-refractivity contribution in [2.75, 3.05) is 7.05 Å². The Kier molecular flexibility index (Phi) is 9.86. The summed E-state index contributed by atoms with van der Waals surface area (Å²) in [6.07, 6.45) is 27.4. The fourth-order valence-electron chi connectivity index (χ4n) is 5.67. The van der Waals surface area contributed by atoms with E-state index in [1.54, 1.807) is 19.5 Å². The smallest absolute Gasteiger partial charge is 0.0572 e. The second kappa shape index (κ2) is 13.7. The van der Waals surface area contributed by atoms with E-state index in [9.17, 15) is 0 Å². The zero-order valence-corrected chi connectivity index (χ0v) is 24.9. The summed E-state index contributed by atoms with van der Waals surface area (Å²) in [6, 6.07) is 13.4. The molecule has 4 rings (SSSR count). The van der Waals surface area contributed by atoms with Crippen molar-refractivity contribution in [3.8, 4) is 11.1 Å². The number of benzene rings is 2. The Labute approximate surface area is 245 Å². The molecule has 2 unspecified atom stereocenters. The van der Waals surface area contributed by atoms with Gasteiger partial charge < -0.3 is 11.1 Å². The molecule has 0 aliphatic heterocycles. The second-order valence-electron chi connectivity index (χ2n) is 10.5. The topological polar surface area (TPSA) is 62.2 Å². The van der Waals surface area contributed by atoms with Gasteiger partial charge in [-0.3, -0.25) is 4.99 Å². The van der Waals surface area contributed by atoms with Gasteiger partial charge in [0, 0.05) is 25.1 Å². The van der Waals surface area contributed by atoms with Crippen LogP contribution in [0.25, 0.3) is 22.8 Å². The molecule has 0 bridgehead atoms. The van der Waals surface area contributed by atoms with Gasteiger partial charge in [-0.1, -0.05) is 91.9 Å². The predicted octanol–water partition coefficient (Wildman–Crippen LogP) is 9.38. The van der Waals surface area contributed by atoms with Crippen molar-refractivity contribution >= 4 is 23.6 Å². The lowest BCUT2D eigenvalue weighted by atomic mass is 9.83. The zero-order chi connectivity index (χ0) is 29.4. The zero-order valence-electron chi connectivity index (χ0n) is 24.9. The third kappa shape index (κ3) is 6.47. The quantitative estimate of drug-likeness (QED) is 0.242. The van der Waals surface area contributed by atoms with Gasteiger partial charge in [0.05, 0.1) is 5.71 Å². The van der Waals surface area contributed by atoms with E-state index in [-0.39, 0.29) is 5.92 Å². The average Bonchev–Trinajstić information content (AvgIpc) is 3.29. The van der Waals surface area contributed by atoms with Gasteiger partial charge in [0.1, 0.15) is 0 Å². The Morgan fingerprint density at radius 2 is 1.80 bits per heavy atom. The van der Waals surface area contributed by atoms with Crippen LogP contribution in [0.2, 0.25) is 0 Å². The molecule has 0 fully saturated rings. The molecule has 0 saturated carbocycles. The summed E-state index contributed by atoms with van der Waals surface area (Å²) in [4.78, 5) is 4.03. The van der Waals surface area contributed by atoms with E-state index >= 15 is 0 Å². The summed E-state index contributed by atoms with van der Waals surface area (Å²) in [6.45, 7) is 8.36. The fourth-order valence-corrected chi connectivity index (χ4v) is 5.67. The largest absolute Gasteiger partial charge is 0.405 e. The van der Waals surface area contributed by atoms with E-state index in [1.807, 2.05) is 38.2 Å². The number of allylic oxidation sites excluding steroid dienone is 14. The average molecular weight is 540 g/mol. The first-order chi connectivity index (χ1) is 19.9. The molecule has 208 valence electrons. The van der Waals surface area contributed by atoms with Crippen molar-refractivity contribution in [2.24, 2.45) is 16.6 Å². The number of fused-ring (bicyclic) bond motifs is 3. The Bertz CT molecular complexity index is 1580. The minimum atomic E-state index is 0.158. The number of hydrogen-bond acceptors (Lipinski definition) is 3. The maximum absolute atomic E-state index is 8.69. The molecule has 0 heterocycles. The van der Waals surface area contributed by atoms with Gasteiger partial charge in [-0.15, -0.1) is 0 Å². The minimum absolute atomic E-state index is 0.158. The number of aliphatic imine (C=N–C) groups is 1. The van der Waals surface area contributed by atoms with Crippen molar-refractivity contribution in [3.63, 3.8) is 0 Å². The van der Waals surface area contributed by atoms with Crippen molar-refractivity contribution in [3.05, 3.63) is 142 Å². The lowest BCUT2D eigenvalue weighted by Gasteiger charge is -2.21. The highest BCUT2D eigenvalue weighted by atomic mass is 14.6. The predicted molar refractivity (Wildman–Crippen MR) is 180 cm³/mol. The maximum Gasteiger partial charge on any atom is 0.0572 e. The van der Waals surface area contributed by atoms with E-state index < -0.39 is 0 Å². The Morgan fingerprint density at radius 1 is 1.02 bits per heavy atom. The second-order valence-corrected chi connectivity index (χ2v) is 10.5. The molecule has 3 heteroatoms. The number of nitrogens with one attached hydrogen (secondary N) is 1. The number of nitrogens with zero attached hydrogens (tertiary/aromatic N) is 1. The molecule has 3 N–H and O–H groups in total. The Balaban J connectivity index is 1.69. The highest BCUT2D eigenvalue weighted by Crippen LogP contribution is 2.48. The molecule has 0 radical (unpaired) electrons. The molecular weight excluding hydrogens is 498 g/mol. The van der Waals surface area contributed by atoms with E-state index in [4.69, 9.17) is 11.1 Å². The lowest BCUT2D eigenvalue weighted by Crippen LogP contribution is -2.06. The molecule has 2 aliphatic rings. The van der Waals surface area contributed by atoms with Crippen molar-refractivity contribution < 1.29 is 0 Å². The van der Waals surface area contributed by atoms with Gasteiger partial charge >= 0.3 is 0 Å². The van der Waals surface area contributed by atoms with E-state index in [0.29, 0.717) is 11.6 Å². The van der Waals surface area contributed by atoms with Crippen LogP contribution in [-0.4, -0.2) is 19.0 Å². The summed E-state index contributed by atoms with van der Waals surface area (Å²) < 4.78 is 0. The summed E-state index contributed by atoms with van der Waals surface area (Å²) in [5.41, 5.74) is 18.4. The van der Waals surface area contributed by atoms with Gasteiger partial charge in [0.15, 0.2) is 0 Å². The van der Waals surface area contributed by atoms with E-state index in [1.165, 1.54) is 39.0 Å². The molecule has 2 aromatic rings. The number of hydrogen-bond donors (Lipinski definition) is 2. The van der Waals surface area contributed by atoms with Crippen LogP contribution in [-0.2, 0) is 0 Å². The molecule has 0 aromatic heterocycles. The van der Waals surface area contributed by atoms with E-state index in [2.05, 4.69) is 97.8 Å². The molecule has 41 heavy (non-hydrogen) atoms. The molecular formula is C38H41N3. The highest BCUT2D eigenvalue weighted by Gasteiger charge is 2.28. The molecule has 0 spiro atoms. The number of rotatable bonds is 9. The van der Waals surface area contributed by atoms with Crippen LogP contribution in [0.3, 0.4) is 0 Å². The van der Waals surface area contributed by atoms with Crippen LogP contribution in [0.4, 0.5) is 0 Å². The normalized spacial score (nSPS) is 19.5. The van der Waals surface area contributed by atoms with Crippen LogP contribution in [0.15, 0.2) is 125 Å². The van der Waals surface area contributed by atoms with Crippen molar-refractivity contribution in [2.45, 2.75) is 40.0 Å². The number of nitrogens with two attached hydrogens (primary N) is 1. The van der Waals surface area contributed by atoms with Crippen molar-refractivity contribution in [1.29, 1.82) is 5.41 Å². The van der Waals surface area contributed by atoms with Gasteiger partial charge in [-0.05, 0) is 107 Å². The monoisotopic (exact) mass is 539 g/mol. The first-order valence-electron chi connectivity index (χ1n) is 14.3. The fraction of sp³-hybridized carbons (Fsp3) is 0.211. The first-order valence-corrected chi connectivity index (χ1v) is 14.3. The summed E-state index contributed by atoms with van der Waals surface area (Å²) >= 11 is 0. The van der Waals surface area contributed by atoms with Crippen LogP contribution >= 0.6 is 0 Å². The van der Waals surface area contributed by atoms with Gasteiger partial charge in [-0.2, -0.15) is 0 Å². The Morgan fingerprint density at radius 3 is 2.49 bits per heavy atom.